The van der Waals surface area contributed by atoms with Gasteiger partial charge in [-0.1, -0.05) is 60.4 Å². The second-order valence-electron chi connectivity index (χ2n) is 9.68. The molecule has 3 aromatic carbocycles. The topological polar surface area (TPSA) is 88.4 Å². The highest BCUT2D eigenvalue weighted by molar-refractivity contribution is 7.07. The van der Waals surface area contributed by atoms with Crippen molar-refractivity contribution < 1.29 is 23.7 Å². The second kappa shape index (κ2) is 13.4. The number of rotatable bonds is 11. The molecule has 1 aliphatic heterocycles. The molecule has 0 saturated carbocycles. The molecule has 1 aromatic heterocycles. The lowest BCUT2D eigenvalue weighted by Gasteiger charge is -2.24. The predicted molar refractivity (Wildman–Crippen MR) is 166 cm³/mol. The van der Waals surface area contributed by atoms with Crippen LogP contribution in [0.25, 0.3) is 6.08 Å². The average Bonchev–Trinajstić information content (AvgIpc) is 3.33. The van der Waals surface area contributed by atoms with Crippen molar-refractivity contribution in [1.29, 1.82) is 0 Å². The molecule has 0 bridgehead atoms. The molecule has 0 radical (unpaired) electrons. The number of thiazole rings is 1. The molecule has 5 rings (SSSR count). The lowest BCUT2D eigenvalue weighted by Crippen LogP contribution is -2.39. The van der Waals surface area contributed by atoms with Gasteiger partial charge in [-0.15, -0.1) is 0 Å². The van der Waals surface area contributed by atoms with Crippen molar-refractivity contribution in [2.24, 2.45) is 4.99 Å². The van der Waals surface area contributed by atoms with Crippen molar-refractivity contribution in [3.63, 3.8) is 0 Å². The fraction of sp³-hybridized carbons (Fsp3) is 0.206. The number of carbonyl (C=O) groups is 1. The monoisotopic (exact) mass is 596 g/mol. The Hall–Kier alpha value is -4.89. The number of hydrogen-bond acceptors (Lipinski definition) is 8. The highest BCUT2D eigenvalue weighted by Crippen LogP contribution is 2.31. The molecule has 1 atom stereocenters. The standard InChI is InChI=1S/C34H32N2O6S/c1-5-19-41-27-17-11-25(12-18-27)31-30(33(38)40-6-2)22(3)35-34-36(31)32(37)29(43-34)20-23-7-15-28(16-8-23)42-21-24-9-13-26(39-4)14-10-24/h5,7-18,20,31H,1,6,19,21H2,2-4H3/b29-20-/t31-/m0/s1. The minimum absolute atomic E-state index is 0.209. The zero-order chi connectivity index (χ0) is 30.3. The van der Waals surface area contributed by atoms with Crippen LogP contribution in [0.15, 0.2) is 107 Å². The van der Waals surface area contributed by atoms with E-state index in [0.29, 0.717) is 45.3 Å². The van der Waals surface area contributed by atoms with Crippen LogP contribution in [0.3, 0.4) is 0 Å². The van der Waals surface area contributed by atoms with E-state index in [-0.39, 0.29) is 12.2 Å². The Morgan fingerprint density at radius 1 is 0.977 bits per heavy atom. The van der Waals surface area contributed by atoms with E-state index in [2.05, 4.69) is 11.6 Å². The maximum Gasteiger partial charge on any atom is 0.338 e. The molecule has 220 valence electrons. The Morgan fingerprint density at radius 2 is 1.63 bits per heavy atom. The first-order valence-corrected chi connectivity index (χ1v) is 14.6. The Bertz CT molecular complexity index is 1820. The number of nitrogens with zero attached hydrogens (tertiary/aromatic N) is 2. The Balaban J connectivity index is 1.45. The third-order valence-electron chi connectivity index (χ3n) is 6.82. The van der Waals surface area contributed by atoms with Gasteiger partial charge in [-0.2, -0.15) is 0 Å². The van der Waals surface area contributed by atoms with Gasteiger partial charge in [0.25, 0.3) is 5.56 Å². The van der Waals surface area contributed by atoms with Crippen molar-refractivity contribution >= 4 is 23.4 Å². The summed E-state index contributed by atoms with van der Waals surface area (Å²) >= 11 is 1.28. The molecule has 8 nitrogen and oxygen atoms in total. The first-order valence-electron chi connectivity index (χ1n) is 13.8. The summed E-state index contributed by atoms with van der Waals surface area (Å²) in [6.07, 6.45) is 3.49. The van der Waals surface area contributed by atoms with E-state index in [4.69, 9.17) is 18.9 Å². The minimum atomic E-state index is -0.695. The third kappa shape index (κ3) is 6.62. The molecule has 0 fully saturated rings. The molecular weight excluding hydrogens is 564 g/mol. The highest BCUT2D eigenvalue weighted by atomic mass is 32.1. The normalized spacial score (nSPS) is 14.5. The van der Waals surface area contributed by atoms with Crippen molar-refractivity contribution in [3.05, 3.63) is 133 Å². The van der Waals surface area contributed by atoms with Gasteiger partial charge in [0.05, 0.1) is 35.6 Å². The van der Waals surface area contributed by atoms with Gasteiger partial charge in [0.2, 0.25) is 0 Å². The maximum absolute atomic E-state index is 13.9. The number of aromatic nitrogens is 1. The van der Waals surface area contributed by atoms with Crippen LogP contribution in [0.5, 0.6) is 17.2 Å². The zero-order valence-corrected chi connectivity index (χ0v) is 25.1. The van der Waals surface area contributed by atoms with Gasteiger partial charge in [-0.25, -0.2) is 9.79 Å². The van der Waals surface area contributed by atoms with Crippen molar-refractivity contribution in [3.8, 4) is 17.2 Å². The largest absolute Gasteiger partial charge is 0.497 e. The molecule has 4 aromatic rings. The summed E-state index contributed by atoms with van der Waals surface area (Å²) in [5, 5.41) is 0. The van der Waals surface area contributed by atoms with Crippen LogP contribution in [0.1, 0.15) is 36.6 Å². The molecule has 0 amide bonds. The van der Waals surface area contributed by atoms with E-state index in [1.807, 2.05) is 78.9 Å². The smallest absolute Gasteiger partial charge is 0.338 e. The van der Waals surface area contributed by atoms with E-state index in [1.54, 1.807) is 31.6 Å². The summed E-state index contributed by atoms with van der Waals surface area (Å²) in [7, 11) is 1.63. The summed E-state index contributed by atoms with van der Waals surface area (Å²) in [5.41, 5.74) is 3.21. The van der Waals surface area contributed by atoms with Crippen LogP contribution < -0.4 is 29.1 Å². The number of ether oxygens (including phenoxy) is 4. The van der Waals surface area contributed by atoms with Crippen LogP contribution in [0.2, 0.25) is 0 Å². The Labute approximate surface area is 253 Å². The molecule has 0 N–H and O–H groups in total. The molecule has 2 heterocycles. The first-order chi connectivity index (χ1) is 20.9. The summed E-state index contributed by atoms with van der Waals surface area (Å²) in [5.74, 6) is 1.67. The average molecular weight is 597 g/mol. The van der Waals surface area contributed by atoms with E-state index in [9.17, 15) is 9.59 Å². The van der Waals surface area contributed by atoms with Crippen molar-refractivity contribution in [2.45, 2.75) is 26.5 Å². The maximum atomic E-state index is 13.9. The van der Waals surface area contributed by atoms with Crippen LogP contribution in [-0.2, 0) is 16.1 Å². The number of carbonyl (C=O) groups excluding carboxylic acids is 1. The molecule has 0 unspecified atom stereocenters. The highest BCUT2D eigenvalue weighted by Gasteiger charge is 2.33. The van der Waals surface area contributed by atoms with E-state index in [0.717, 1.165) is 22.4 Å². The SMILES string of the molecule is C=CCOc1ccc([C@H]2C(C(=O)OCC)=C(C)N=c3s/c(=C\c4ccc(OCc5ccc(OC)cc5)cc4)c(=O)n32)cc1. The fourth-order valence-corrected chi connectivity index (χ4v) is 5.76. The van der Waals surface area contributed by atoms with Gasteiger partial charge in [0, 0.05) is 0 Å². The second-order valence-corrected chi connectivity index (χ2v) is 10.7. The van der Waals surface area contributed by atoms with Gasteiger partial charge >= 0.3 is 5.97 Å². The van der Waals surface area contributed by atoms with Gasteiger partial charge in [-0.3, -0.25) is 9.36 Å². The molecule has 43 heavy (non-hydrogen) atoms. The summed E-state index contributed by atoms with van der Waals surface area (Å²) in [6.45, 7) is 8.19. The van der Waals surface area contributed by atoms with Crippen LogP contribution >= 0.6 is 11.3 Å². The molecule has 0 saturated heterocycles. The number of methoxy groups -OCH3 is 1. The fourth-order valence-electron chi connectivity index (χ4n) is 4.71. The minimum Gasteiger partial charge on any atom is -0.497 e. The predicted octanol–water partition coefficient (Wildman–Crippen LogP) is 4.95. The summed E-state index contributed by atoms with van der Waals surface area (Å²) < 4.78 is 24.2. The lowest BCUT2D eigenvalue weighted by molar-refractivity contribution is -0.139. The number of fused-ring (bicyclic) bond motifs is 1. The van der Waals surface area contributed by atoms with E-state index in [1.165, 1.54) is 11.3 Å². The number of allylic oxidation sites excluding steroid dienone is 1. The quantitative estimate of drug-likeness (QED) is 0.180. The third-order valence-corrected chi connectivity index (χ3v) is 7.81. The molecule has 1 aliphatic rings. The van der Waals surface area contributed by atoms with Crippen molar-refractivity contribution in [1.82, 2.24) is 4.57 Å². The van der Waals surface area contributed by atoms with Crippen molar-refractivity contribution in [2.75, 3.05) is 20.3 Å². The number of esters is 1. The first kappa shape index (κ1) is 29.6. The Kier molecular flexibility index (Phi) is 9.22. The zero-order valence-electron chi connectivity index (χ0n) is 24.2. The lowest BCUT2D eigenvalue weighted by atomic mass is 9.96. The van der Waals surface area contributed by atoms with Crippen LogP contribution in [0.4, 0.5) is 0 Å². The Morgan fingerprint density at radius 3 is 2.28 bits per heavy atom. The van der Waals surface area contributed by atoms with Gasteiger partial charge < -0.3 is 18.9 Å². The van der Waals surface area contributed by atoms with Gasteiger partial charge in [0.1, 0.15) is 30.5 Å². The van der Waals surface area contributed by atoms with E-state index >= 15 is 0 Å². The van der Waals surface area contributed by atoms with Crippen LogP contribution in [-0.4, -0.2) is 30.9 Å². The summed E-state index contributed by atoms with van der Waals surface area (Å²) in [4.78, 5) is 32.1. The van der Waals surface area contributed by atoms with E-state index < -0.39 is 12.0 Å². The molecule has 0 spiro atoms. The molecular formula is C34H32N2O6S. The van der Waals surface area contributed by atoms with Crippen LogP contribution in [0, 0.1) is 0 Å². The summed E-state index contributed by atoms with van der Waals surface area (Å²) in [6, 6.07) is 21.9. The van der Waals surface area contributed by atoms with Gasteiger partial charge in [0.15, 0.2) is 4.80 Å². The number of hydrogen-bond donors (Lipinski definition) is 0. The molecule has 9 heteroatoms. The number of benzene rings is 3. The van der Waals surface area contributed by atoms with Gasteiger partial charge in [-0.05, 0) is 73.0 Å². The molecule has 0 aliphatic carbocycles.